The highest BCUT2D eigenvalue weighted by Crippen LogP contribution is 2.25. The molecule has 0 unspecified atom stereocenters. The molecule has 1 heterocycles. The van der Waals surface area contributed by atoms with Crippen LogP contribution in [0.3, 0.4) is 0 Å². The molecular weight excluding hydrogens is 280 g/mol. The topological polar surface area (TPSA) is 98.5 Å². The molecule has 20 heavy (non-hydrogen) atoms. The number of sulfonamides is 1. The summed E-state index contributed by atoms with van der Waals surface area (Å²) in [4.78, 5) is 11.3. The predicted molar refractivity (Wildman–Crippen MR) is 73.6 cm³/mol. The summed E-state index contributed by atoms with van der Waals surface area (Å²) in [6.45, 7) is 3.86. The number of benzene rings is 1. The number of ether oxygens (including phenoxy) is 1. The van der Waals surface area contributed by atoms with Gasteiger partial charge in [0.05, 0.1) is 30.1 Å². The van der Waals surface area contributed by atoms with Crippen LogP contribution in [-0.2, 0) is 19.6 Å². The zero-order valence-corrected chi connectivity index (χ0v) is 12.3. The standard InChI is InChI=1S/C13H18N2O4S/c1-9-3-4-10(2)11(5-9)20(17,18)15-13(6-12(14)16)7-19-8-13/h3-5,15H,6-8H2,1-2H3,(H2,14,16). The SMILES string of the molecule is Cc1ccc(C)c(S(=O)(=O)NC2(CC(N)=O)COC2)c1. The summed E-state index contributed by atoms with van der Waals surface area (Å²) < 4.78 is 32.6. The Morgan fingerprint density at radius 1 is 1.40 bits per heavy atom. The Labute approximate surface area is 118 Å². The number of rotatable bonds is 5. The first-order valence-corrected chi connectivity index (χ1v) is 7.70. The molecule has 0 bridgehead atoms. The van der Waals surface area contributed by atoms with Crippen molar-refractivity contribution in [2.24, 2.45) is 5.73 Å². The van der Waals surface area contributed by atoms with Gasteiger partial charge in [-0.1, -0.05) is 12.1 Å². The van der Waals surface area contributed by atoms with Crippen molar-refractivity contribution < 1.29 is 17.9 Å². The first-order chi connectivity index (χ1) is 9.24. The van der Waals surface area contributed by atoms with Gasteiger partial charge >= 0.3 is 0 Å². The molecule has 1 fully saturated rings. The Morgan fingerprint density at radius 2 is 2.05 bits per heavy atom. The number of carbonyl (C=O) groups is 1. The van der Waals surface area contributed by atoms with Crippen LogP contribution in [0, 0.1) is 13.8 Å². The minimum absolute atomic E-state index is 0.0723. The normalized spacial score (nSPS) is 17.5. The van der Waals surface area contributed by atoms with E-state index in [9.17, 15) is 13.2 Å². The molecule has 1 aromatic carbocycles. The number of hydrogen-bond donors (Lipinski definition) is 2. The largest absolute Gasteiger partial charge is 0.377 e. The van der Waals surface area contributed by atoms with Gasteiger partial charge in [-0.05, 0) is 31.0 Å². The number of aryl methyl sites for hydroxylation is 2. The second-order valence-corrected chi connectivity index (χ2v) is 6.94. The lowest BCUT2D eigenvalue weighted by atomic mass is 9.94. The molecule has 0 atom stereocenters. The second-order valence-electron chi connectivity index (χ2n) is 5.29. The molecule has 0 saturated carbocycles. The Kier molecular flexibility index (Phi) is 3.86. The molecule has 1 amide bonds. The van der Waals surface area contributed by atoms with E-state index in [1.165, 1.54) is 0 Å². The molecule has 0 spiro atoms. The van der Waals surface area contributed by atoms with Crippen LogP contribution in [-0.4, -0.2) is 33.1 Å². The zero-order chi connectivity index (χ0) is 15.0. The summed E-state index contributed by atoms with van der Waals surface area (Å²) >= 11 is 0. The van der Waals surface area contributed by atoms with Crippen molar-refractivity contribution in [3.63, 3.8) is 0 Å². The lowest BCUT2D eigenvalue weighted by Gasteiger charge is -2.40. The van der Waals surface area contributed by atoms with Gasteiger partial charge in [0.1, 0.15) is 0 Å². The summed E-state index contributed by atoms with van der Waals surface area (Å²) in [5, 5.41) is 0. The molecule has 1 aliphatic rings. The molecule has 0 aliphatic carbocycles. The van der Waals surface area contributed by atoms with Gasteiger partial charge in [-0.25, -0.2) is 8.42 Å². The van der Waals surface area contributed by atoms with Crippen molar-refractivity contribution in [2.45, 2.75) is 30.7 Å². The number of nitrogens with two attached hydrogens (primary N) is 1. The third-order valence-corrected chi connectivity index (χ3v) is 4.97. The average molecular weight is 298 g/mol. The maximum atomic E-state index is 12.5. The van der Waals surface area contributed by atoms with Crippen LogP contribution in [0.15, 0.2) is 23.1 Å². The third-order valence-electron chi connectivity index (χ3n) is 3.25. The highest BCUT2D eigenvalue weighted by Gasteiger charge is 2.43. The van der Waals surface area contributed by atoms with Crippen LogP contribution in [0.2, 0.25) is 0 Å². The number of carbonyl (C=O) groups excluding carboxylic acids is 1. The summed E-state index contributed by atoms with van der Waals surface area (Å²) in [5.74, 6) is -0.558. The van der Waals surface area contributed by atoms with E-state index in [-0.39, 0.29) is 24.5 Å². The fraction of sp³-hybridized carbons (Fsp3) is 0.462. The number of nitrogens with one attached hydrogen (secondary N) is 1. The van der Waals surface area contributed by atoms with E-state index in [1.54, 1.807) is 19.1 Å². The predicted octanol–water partition coefficient (Wildman–Crippen LogP) is 0.226. The maximum absolute atomic E-state index is 12.5. The maximum Gasteiger partial charge on any atom is 0.241 e. The molecule has 110 valence electrons. The van der Waals surface area contributed by atoms with Gasteiger partial charge in [0.25, 0.3) is 0 Å². The lowest BCUT2D eigenvalue weighted by molar-refractivity contribution is -0.126. The van der Waals surface area contributed by atoms with Crippen LogP contribution in [0.1, 0.15) is 17.5 Å². The van der Waals surface area contributed by atoms with Crippen molar-refractivity contribution in [3.8, 4) is 0 Å². The fourth-order valence-corrected chi connectivity index (χ4v) is 3.92. The van der Waals surface area contributed by atoms with Crippen molar-refractivity contribution in [1.29, 1.82) is 0 Å². The summed E-state index contributed by atoms with van der Waals surface area (Å²) in [7, 11) is -3.72. The van der Waals surface area contributed by atoms with Crippen LogP contribution in [0.5, 0.6) is 0 Å². The molecule has 1 aromatic rings. The summed E-state index contributed by atoms with van der Waals surface area (Å²) in [5.41, 5.74) is 5.76. The Bertz CT molecular complexity index is 636. The van der Waals surface area contributed by atoms with E-state index in [2.05, 4.69) is 4.72 Å². The van der Waals surface area contributed by atoms with E-state index < -0.39 is 21.5 Å². The van der Waals surface area contributed by atoms with Crippen LogP contribution in [0.4, 0.5) is 0 Å². The van der Waals surface area contributed by atoms with Crippen LogP contribution < -0.4 is 10.5 Å². The van der Waals surface area contributed by atoms with Gasteiger partial charge in [0.2, 0.25) is 15.9 Å². The molecule has 3 N–H and O–H groups in total. The van der Waals surface area contributed by atoms with E-state index in [1.807, 2.05) is 13.0 Å². The van der Waals surface area contributed by atoms with Gasteiger partial charge in [-0.3, -0.25) is 4.79 Å². The van der Waals surface area contributed by atoms with E-state index >= 15 is 0 Å². The molecular formula is C13H18N2O4S. The first-order valence-electron chi connectivity index (χ1n) is 6.21. The smallest absolute Gasteiger partial charge is 0.241 e. The zero-order valence-electron chi connectivity index (χ0n) is 11.5. The van der Waals surface area contributed by atoms with Crippen molar-refractivity contribution >= 4 is 15.9 Å². The second kappa shape index (κ2) is 5.16. The van der Waals surface area contributed by atoms with E-state index in [4.69, 9.17) is 10.5 Å². The molecule has 7 heteroatoms. The van der Waals surface area contributed by atoms with Gasteiger partial charge in [0, 0.05) is 0 Å². The number of amides is 1. The van der Waals surface area contributed by atoms with Crippen molar-refractivity contribution in [2.75, 3.05) is 13.2 Å². The average Bonchev–Trinajstić information content (AvgIpc) is 2.28. The minimum atomic E-state index is -3.72. The lowest BCUT2D eigenvalue weighted by Crippen LogP contribution is -2.63. The number of hydrogen-bond acceptors (Lipinski definition) is 4. The molecule has 1 aliphatic heterocycles. The monoisotopic (exact) mass is 298 g/mol. The molecule has 0 radical (unpaired) electrons. The Morgan fingerprint density at radius 3 is 2.55 bits per heavy atom. The summed E-state index contributed by atoms with van der Waals surface area (Å²) in [6, 6.07) is 5.21. The quantitative estimate of drug-likeness (QED) is 0.812. The van der Waals surface area contributed by atoms with Crippen LogP contribution in [0.25, 0.3) is 0 Å². The Hall–Kier alpha value is -1.44. The van der Waals surface area contributed by atoms with Gasteiger partial charge in [-0.2, -0.15) is 4.72 Å². The van der Waals surface area contributed by atoms with E-state index in [0.717, 1.165) is 5.56 Å². The highest BCUT2D eigenvalue weighted by atomic mass is 32.2. The third kappa shape index (κ3) is 3.00. The number of primary amides is 1. The van der Waals surface area contributed by atoms with Gasteiger partial charge < -0.3 is 10.5 Å². The fourth-order valence-electron chi connectivity index (χ4n) is 2.22. The van der Waals surface area contributed by atoms with Gasteiger partial charge in [0.15, 0.2) is 0 Å². The summed E-state index contributed by atoms with van der Waals surface area (Å²) in [6.07, 6.45) is -0.0723. The van der Waals surface area contributed by atoms with E-state index in [0.29, 0.717) is 5.56 Å². The first kappa shape index (κ1) is 15.0. The minimum Gasteiger partial charge on any atom is -0.377 e. The van der Waals surface area contributed by atoms with Crippen molar-refractivity contribution in [1.82, 2.24) is 4.72 Å². The van der Waals surface area contributed by atoms with Crippen molar-refractivity contribution in [3.05, 3.63) is 29.3 Å². The van der Waals surface area contributed by atoms with Gasteiger partial charge in [-0.15, -0.1) is 0 Å². The molecule has 0 aromatic heterocycles. The molecule has 1 saturated heterocycles. The molecule has 6 nitrogen and oxygen atoms in total. The Balaban J connectivity index is 2.31. The van der Waals surface area contributed by atoms with Crippen LogP contribution >= 0.6 is 0 Å². The highest BCUT2D eigenvalue weighted by molar-refractivity contribution is 7.89. The molecule has 2 rings (SSSR count).